The zero-order valence-electron chi connectivity index (χ0n) is 10.8. The quantitative estimate of drug-likeness (QED) is 0.812. The first kappa shape index (κ1) is 13.5. The van der Waals surface area contributed by atoms with Gasteiger partial charge in [0.15, 0.2) is 5.78 Å². The normalized spacial score (nSPS) is 25.3. The number of hydrogen-bond acceptors (Lipinski definition) is 4. The lowest BCUT2D eigenvalue weighted by atomic mass is 9.82. The van der Waals surface area contributed by atoms with Gasteiger partial charge in [-0.3, -0.25) is 9.59 Å². The van der Waals surface area contributed by atoms with Gasteiger partial charge in [-0.1, -0.05) is 0 Å². The van der Waals surface area contributed by atoms with Crippen LogP contribution in [0.15, 0.2) is 18.2 Å². The number of ketones is 1. The highest BCUT2D eigenvalue weighted by atomic mass is 16.5. The largest absolute Gasteiger partial charge is 0.490 e. The molecule has 19 heavy (non-hydrogen) atoms. The van der Waals surface area contributed by atoms with Gasteiger partial charge in [0.1, 0.15) is 11.4 Å². The molecule has 0 amide bonds. The van der Waals surface area contributed by atoms with Gasteiger partial charge in [0, 0.05) is 17.5 Å². The van der Waals surface area contributed by atoms with E-state index in [0.29, 0.717) is 16.9 Å². The minimum Gasteiger partial charge on any atom is -0.490 e. The molecule has 0 saturated heterocycles. The van der Waals surface area contributed by atoms with Crippen molar-refractivity contribution in [2.75, 3.05) is 0 Å². The molecule has 5 heteroatoms. The van der Waals surface area contributed by atoms with Gasteiger partial charge in [0.25, 0.3) is 0 Å². The first-order chi connectivity index (χ1) is 8.82. The second kappa shape index (κ2) is 4.66. The van der Waals surface area contributed by atoms with E-state index in [2.05, 4.69) is 0 Å². The molecule has 102 valence electrons. The van der Waals surface area contributed by atoms with Gasteiger partial charge in [-0.15, -0.1) is 0 Å². The summed E-state index contributed by atoms with van der Waals surface area (Å²) < 4.78 is 5.58. The number of ether oxygens (including phenoxy) is 1. The molecular weight excluding hydrogens is 248 g/mol. The molecule has 5 nitrogen and oxygen atoms in total. The van der Waals surface area contributed by atoms with Gasteiger partial charge >= 0.3 is 5.97 Å². The predicted octanol–water partition coefficient (Wildman–Crippen LogP) is 1.72. The van der Waals surface area contributed by atoms with Crippen LogP contribution >= 0.6 is 0 Å². The Kier molecular flexibility index (Phi) is 3.32. The average molecular weight is 264 g/mol. The van der Waals surface area contributed by atoms with Crippen molar-refractivity contribution in [3.63, 3.8) is 0 Å². The van der Waals surface area contributed by atoms with Crippen molar-refractivity contribution in [3.8, 4) is 5.75 Å². The minimum absolute atomic E-state index is 0.140. The Balaban J connectivity index is 2.52. The number of carboxylic acid groups (broad SMARTS) is 1. The van der Waals surface area contributed by atoms with Crippen LogP contribution in [0.4, 0.5) is 0 Å². The Labute approximate surface area is 110 Å². The molecule has 0 radical (unpaired) electrons. The number of Topliss-reactive ketones (excluding diaryl/α,β-unsaturated/α-hetero) is 1. The third-order valence-corrected chi connectivity index (χ3v) is 3.28. The van der Waals surface area contributed by atoms with Gasteiger partial charge in [-0.05, 0) is 32.0 Å². The van der Waals surface area contributed by atoms with E-state index in [1.165, 1.54) is 13.0 Å². The summed E-state index contributed by atoms with van der Waals surface area (Å²) in [7, 11) is 0. The van der Waals surface area contributed by atoms with Crippen molar-refractivity contribution >= 4 is 11.8 Å². The lowest BCUT2D eigenvalue weighted by molar-refractivity contribution is -0.145. The van der Waals surface area contributed by atoms with E-state index in [9.17, 15) is 14.7 Å². The number of fused-ring (bicyclic) bond motifs is 1. The van der Waals surface area contributed by atoms with E-state index in [1.54, 1.807) is 19.1 Å². The number of hydrogen-bond donors (Lipinski definition) is 2. The second-order valence-corrected chi connectivity index (χ2v) is 5.00. The molecule has 0 unspecified atom stereocenters. The summed E-state index contributed by atoms with van der Waals surface area (Å²) in [6.07, 6.45) is -0.497. The van der Waals surface area contributed by atoms with Gasteiger partial charge in [0.2, 0.25) is 0 Å². The number of carbonyl (C=O) groups is 2. The molecular formula is C14H16O5. The van der Waals surface area contributed by atoms with Crippen LogP contribution in [-0.2, 0) is 10.4 Å². The Morgan fingerprint density at radius 1 is 1.47 bits per heavy atom. The molecule has 0 fully saturated rings. The zero-order valence-corrected chi connectivity index (χ0v) is 10.8. The van der Waals surface area contributed by atoms with Crippen molar-refractivity contribution in [1.29, 1.82) is 0 Å². The van der Waals surface area contributed by atoms with Crippen molar-refractivity contribution in [3.05, 3.63) is 29.3 Å². The van der Waals surface area contributed by atoms with Crippen LogP contribution in [0.5, 0.6) is 5.75 Å². The summed E-state index contributed by atoms with van der Waals surface area (Å²) in [6.45, 7) is 3.19. The number of aliphatic hydroxyl groups is 1. The summed E-state index contributed by atoms with van der Waals surface area (Å²) in [4.78, 5) is 22.3. The summed E-state index contributed by atoms with van der Waals surface area (Å²) in [5.41, 5.74) is -0.689. The maximum absolute atomic E-state index is 11.4. The molecule has 0 aliphatic carbocycles. The van der Waals surface area contributed by atoms with Gasteiger partial charge in [0.05, 0.1) is 12.5 Å². The molecule has 1 aromatic rings. The standard InChI is InChI=1S/C14H16O5/c1-8-6-14(18,7-13(16)17)11-5-10(9(2)15)3-4-12(11)19-8/h3-5,8,18H,6-7H2,1-2H3,(H,16,17)/t8-,14-/m1/s1. The molecule has 2 atom stereocenters. The molecule has 2 rings (SSSR count). The van der Waals surface area contributed by atoms with Crippen LogP contribution < -0.4 is 4.74 Å². The Morgan fingerprint density at radius 3 is 2.74 bits per heavy atom. The Morgan fingerprint density at radius 2 is 2.16 bits per heavy atom. The molecule has 1 aliphatic heterocycles. The molecule has 2 N–H and O–H groups in total. The average Bonchev–Trinajstić information content (AvgIpc) is 2.26. The van der Waals surface area contributed by atoms with E-state index in [0.717, 1.165) is 0 Å². The first-order valence-electron chi connectivity index (χ1n) is 6.08. The highest BCUT2D eigenvalue weighted by Gasteiger charge is 2.40. The van der Waals surface area contributed by atoms with Crippen LogP contribution in [-0.4, -0.2) is 28.1 Å². The lowest BCUT2D eigenvalue weighted by Crippen LogP contribution is -2.39. The van der Waals surface area contributed by atoms with Crippen LogP contribution in [0.1, 0.15) is 42.6 Å². The molecule has 0 spiro atoms. The van der Waals surface area contributed by atoms with Crippen molar-refractivity contribution < 1.29 is 24.5 Å². The molecule has 0 bridgehead atoms. The fraction of sp³-hybridized carbons (Fsp3) is 0.429. The van der Waals surface area contributed by atoms with Crippen molar-refractivity contribution in [2.45, 2.75) is 38.4 Å². The van der Waals surface area contributed by atoms with E-state index in [1.807, 2.05) is 0 Å². The fourth-order valence-electron chi connectivity index (χ4n) is 2.48. The van der Waals surface area contributed by atoms with Gasteiger partial charge in [-0.2, -0.15) is 0 Å². The zero-order chi connectivity index (χ0) is 14.2. The molecule has 1 aliphatic rings. The maximum atomic E-state index is 11.4. The highest BCUT2D eigenvalue weighted by molar-refractivity contribution is 5.94. The second-order valence-electron chi connectivity index (χ2n) is 5.00. The molecule has 0 saturated carbocycles. The SMILES string of the molecule is CC(=O)c1ccc2c(c1)[C@](O)(CC(=O)O)C[C@@H](C)O2. The van der Waals surface area contributed by atoms with Crippen LogP contribution in [0.2, 0.25) is 0 Å². The van der Waals surface area contributed by atoms with E-state index in [4.69, 9.17) is 9.84 Å². The lowest BCUT2D eigenvalue weighted by Gasteiger charge is -2.36. The van der Waals surface area contributed by atoms with E-state index in [-0.39, 0.29) is 18.3 Å². The molecule has 1 aromatic carbocycles. The van der Waals surface area contributed by atoms with Gasteiger partial charge in [-0.25, -0.2) is 0 Å². The monoisotopic (exact) mass is 264 g/mol. The minimum atomic E-state index is -1.50. The van der Waals surface area contributed by atoms with Crippen LogP contribution in [0.25, 0.3) is 0 Å². The summed E-state index contributed by atoms with van der Waals surface area (Å²) in [5.74, 6) is -0.789. The number of rotatable bonds is 3. The molecule has 0 aromatic heterocycles. The number of carbonyl (C=O) groups excluding carboxylic acids is 1. The van der Waals surface area contributed by atoms with Gasteiger partial charge < -0.3 is 14.9 Å². The fourth-order valence-corrected chi connectivity index (χ4v) is 2.48. The smallest absolute Gasteiger partial charge is 0.306 e. The topological polar surface area (TPSA) is 83.8 Å². The Bertz CT molecular complexity index is 537. The summed E-state index contributed by atoms with van der Waals surface area (Å²) in [5, 5.41) is 19.6. The highest BCUT2D eigenvalue weighted by Crippen LogP contribution is 2.42. The third-order valence-electron chi connectivity index (χ3n) is 3.28. The summed E-state index contributed by atoms with van der Waals surface area (Å²) in [6, 6.07) is 4.74. The van der Waals surface area contributed by atoms with Crippen molar-refractivity contribution in [1.82, 2.24) is 0 Å². The Hall–Kier alpha value is -1.88. The maximum Gasteiger partial charge on any atom is 0.306 e. The third kappa shape index (κ3) is 2.61. The number of aliphatic carboxylic acids is 1. The summed E-state index contributed by atoms with van der Waals surface area (Å²) >= 11 is 0. The number of carboxylic acids is 1. The first-order valence-corrected chi connectivity index (χ1v) is 6.08. The van der Waals surface area contributed by atoms with E-state index < -0.39 is 18.0 Å². The molecule has 1 heterocycles. The van der Waals surface area contributed by atoms with Crippen LogP contribution in [0.3, 0.4) is 0 Å². The van der Waals surface area contributed by atoms with E-state index >= 15 is 0 Å². The predicted molar refractivity (Wildman–Crippen MR) is 67.3 cm³/mol. The van der Waals surface area contributed by atoms with Crippen molar-refractivity contribution in [2.24, 2.45) is 0 Å². The van der Waals surface area contributed by atoms with Crippen LogP contribution in [0, 0.1) is 0 Å². The number of benzene rings is 1.